The number of halogens is 4. The summed E-state index contributed by atoms with van der Waals surface area (Å²) in [7, 11) is 0. The first-order chi connectivity index (χ1) is 15.9. The Bertz CT molecular complexity index is 1300. The Morgan fingerprint density at radius 2 is 1.24 bits per heavy atom. The van der Waals surface area contributed by atoms with E-state index in [0.29, 0.717) is 23.1 Å². The molecule has 0 aromatic heterocycles. The van der Waals surface area contributed by atoms with Gasteiger partial charge in [0.15, 0.2) is 11.6 Å². The molecule has 0 fully saturated rings. The maximum atomic E-state index is 14.3. The lowest BCUT2D eigenvalue weighted by Crippen LogP contribution is -1.95. The maximum absolute atomic E-state index is 14.3. The van der Waals surface area contributed by atoms with Gasteiger partial charge in [-0.3, -0.25) is 0 Å². The Morgan fingerprint density at radius 3 is 1.76 bits per heavy atom. The van der Waals surface area contributed by atoms with Crippen LogP contribution in [0.25, 0.3) is 0 Å². The topological polar surface area (TPSA) is 12.4 Å². The minimum Gasteiger partial charge on any atom is -0.206 e. The second kappa shape index (κ2) is 11.2. The number of isothiocyanates is 1. The van der Waals surface area contributed by atoms with Crippen molar-refractivity contribution in [3.05, 3.63) is 99.6 Å². The summed E-state index contributed by atoms with van der Waals surface area (Å²) < 4.78 is 56.3. The molecule has 3 aromatic carbocycles. The summed E-state index contributed by atoms with van der Waals surface area (Å²) in [6.45, 7) is 2.01. The summed E-state index contributed by atoms with van der Waals surface area (Å²) in [5, 5.41) is 1.92. The molecule has 0 aliphatic rings. The number of aryl methyl sites for hydroxylation is 1. The summed E-state index contributed by atoms with van der Waals surface area (Å²) in [4.78, 5) is 3.35. The average Bonchev–Trinajstić information content (AvgIpc) is 2.79. The van der Waals surface area contributed by atoms with E-state index in [4.69, 9.17) is 0 Å². The van der Waals surface area contributed by atoms with Crippen LogP contribution in [0.1, 0.15) is 47.6 Å². The lowest BCUT2D eigenvalue weighted by molar-refractivity contribution is 0.572. The molecule has 0 unspecified atom stereocenters. The van der Waals surface area contributed by atoms with Gasteiger partial charge in [-0.15, -0.1) is 0 Å². The van der Waals surface area contributed by atoms with E-state index < -0.39 is 29.0 Å². The Hall–Kier alpha value is -3.70. The van der Waals surface area contributed by atoms with Gasteiger partial charge in [-0.05, 0) is 79.2 Å². The fourth-order valence-electron chi connectivity index (χ4n) is 2.98. The summed E-state index contributed by atoms with van der Waals surface area (Å²) in [6.07, 6.45) is 2.41. The number of rotatable bonds is 4. The largest absolute Gasteiger partial charge is 0.206 e. The normalized spacial score (nSPS) is 9.85. The summed E-state index contributed by atoms with van der Waals surface area (Å²) >= 11 is 4.37. The zero-order valence-electron chi connectivity index (χ0n) is 17.6. The number of thiocarbonyl (C=S) groups is 1. The van der Waals surface area contributed by atoms with Gasteiger partial charge >= 0.3 is 0 Å². The number of benzene rings is 3. The van der Waals surface area contributed by atoms with E-state index in [-0.39, 0.29) is 11.1 Å². The number of aliphatic imine (C=N–C) groups is 1. The molecule has 0 saturated carbocycles. The molecule has 0 aliphatic carbocycles. The van der Waals surface area contributed by atoms with Crippen molar-refractivity contribution in [3.63, 3.8) is 0 Å². The highest BCUT2D eigenvalue weighted by molar-refractivity contribution is 7.78. The molecule has 0 heterocycles. The third kappa shape index (κ3) is 6.40. The van der Waals surface area contributed by atoms with E-state index in [1.165, 1.54) is 12.1 Å². The Kier molecular flexibility index (Phi) is 8.17. The van der Waals surface area contributed by atoms with Crippen molar-refractivity contribution in [1.82, 2.24) is 0 Å². The predicted octanol–water partition coefficient (Wildman–Crippen LogP) is 7.12. The van der Waals surface area contributed by atoms with Gasteiger partial charge in [-0.2, -0.15) is 4.99 Å². The van der Waals surface area contributed by atoms with Gasteiger partial charge in [-0.1, -0.05) is 37.0 Å². The van der Waals surface area contributed by atoms with Crippen molar-refractivity contribution < 1.29 is 17.6 Å². The third-order valence-corrected chi connectivity index (χ3v) is 4.75. The van der Waals surface area contributed by atoms with Gasteiger partial charge in [0, 0.05) is 16.7 Å². The zero-order valence-corrected chi connectivity index (χ0v) is 18.4. The monoisotopic (exact) mass is 463 g/mol. The second-order valence-electron chi connectivity index (χ2n) is 7.11. The molecular formula is C27H17F4NS. The smallest absolute Gasteiger partial charge is 0.153 e. The molecule has 164 valence electrons. The van der Waals surface area contributed by atoms with Gasteiger partial charge in [0.05, 0.1) is 10.7 Å². The van der Waals surface area contributed by atoms with Crippen LogP contribution in [0.15, 0.2) is 53.5 Å². The average molecular weight is 463 g/mol. The van der Waals surface area contributed by atoms with Crippen LogP contribution in [0.5, 0.6) is 0 Å². The molecule has 0 bridgehead atoms. The van der Waals surface area contributed by atoms with E-state index in [1.54, 1.807) is 24.3 Å². The molecule has 0 radical (unpaired) electrons. The third-order valence-electron chi connectivity index (χ3n) is 4.66. The molecule has 0 aliphatic heterocycles. The van der Waals surface area contributed by atoms with Crippen LogP contribution in [0.4, 0.5) is 23.2 Å². The molecule has 0 atom stereocenters. The van der Waals surface area contributed by atoms with E-state index in [0.717, 1.165) is 25.0 Å². The van der Waals surface area contributed by atoms with Crippen LogP contribution in [0, 0.1) is 47.0 Å². The molecule has 1 nitrogen and oxygen atoms in total. The lowest BCUT2D eigenvalue weighted by atomic mass is 10.0. The maximum Gasteiger partial charge on any atom is 0.153 e. The molecule has 0 spiro atoms. The first kappa shape index (κ1) is 24.0. The summed E-state index contributed by atoms with van der Waals surface area (Å²) in [6, 6.07) is 11.3. The highest BCUT2D eigenvalue weighted by Crippen LogP contribution is 2.23. The van der Waals surface area contributed by atoms with E-state index in [2.05, 4.69) is 40.9 Å². The van der Waals surface area contributed by atoms with Gasteiger partial charge in [0.2, 0.25) is 0 Å². The minimum absolute atomic E-state index is 0.130. The summed E-state index contributed by atoms with van der Waals surface area (Å²) in [5.74, 6) is 7.60. The van der Waals surface area contributed by atoms with E-state index in [1.807, 2.05) is 12.1 Å². The lowest BCUT2D eigenvalue weighted by Gasteiger charge is -2.03. The van der Waals surface area contributed by atoms with Crippen LogP contribution >= 0.6 is 12.2 Å². The fourth-order valence-corrected chi connectivity index (χ4v) is 3.07. The molecule has 0 saturated heterocycles. The van der Waals surface area contributed by atoms with Crippen LogP contribution in [0.3, 0.4) is 0 Å². The minimum atomic E-state index is -0.889. The van der Waals surface area contributed by atoms with Crippen molar-refractivity contribution in [2.45, 2.75) is 26.2 Å². The molecular weight excluding hydrogens is 446 g/mol. The fraction of sp³-hybridized carbons (Fsp3) is 0.148. The molecule has 0 amide bonds. The predicted molar refractivity (Wildman–Crippen MR) is 124 cm³/mol. The summed E-state index contributed by atoms with van der Waals surface area (Å²) in [5.41, 5.74) is 1.06. The van der Waals surface area contributed by atoms with Crippen LogP contribution in [-0.2, 0) is 6.42 Å². The molecule has 3 aromatic rings. The Morgan fingerprint density at radius 1 is 0.727 bits per heavy atom. The van der Waals surface area contributed by atoms with Gasteiger partial charge < -0.3 is 0 Å². The molecule has 6 heteroatoms. The van der Waals surface area contributed by atoms with Gasteiger partial charge in [0.25, 0.3) is 0 Å². The second-order valence-corrected chi connectivity index (χ2v) is 7.29. The van der Waals surface area contributed by atoms with Crippen molar-refractivity contribution in [1.29, 1.82) is 0 Å². The van der Waals surface area contributed by atoms with E-state index >= 15 is 0 Å². The van der Waals surface area contributed by atoms with Crippen molar-refractivity contribution in [3.8, 4) is 23.7 Å². The number of nitrogens with zero attached hydrogens (tertiary/aromatic N) is 1. The number of hydrogen-bond donors (Lipinski definition) is 0. The van der Waals surface area contributed by atoms with Crippen molar-refractivity contribution in [2.24, 2.45) is 4.99 Å². The quantitative estimate of drug-likeness (QED) is 0.174. The molecule has 3 rings (SSSR count). The van der Waals surface area contributed by atoms with Gasteiger partial charge in [-0.25, -0.2) is 17.6 Å². The van der Waals surface area contributed by atoms with Crippen LogP contribution in [0.2, 0.25) is 0 Å². The standard InChI is InChI=1S/C27H17F4NS/c1-2-3-4-20-13-23(28)22(24(29)14-20)12-11-19-7-5-18(6-8-19)9-10-21-15-25(30)27(32-17-33)26(31)16-21/h5-8,13-16H,2-4H2,1H3. The zero-order chi connectivity index (χ0) is 23.8. The van der Waals surface area contributed by atoms with Crippen molar-refractivity contribution in [2.75, 3.05) is 0 Å². The highest BCUT2D eigenvalue weighted by atomic mass is 32.1. The molecule has 0 N–H and O–H groups in total. The van der Waals surface area contributed by atoms with Crippen molar-refractivity contribution >= 4 is 23.1 Å². The first-order valence-corrected chi connectivity index (χ1v) is 10.5. The number of hydrogen-bond acceptors (Lipinski definition) is 2. The highest BCUT2D eigenvalue weighted by Gasteiger charge is 2.10. The number of unbranched alkanes of at least 4 members (excludes halogenated alkanes) is 1. The van der Waals surface area contributed by atoms with Crippen LogP contribution < -0.4 is 0 Å². The Labute approximate surface area is 195 Å². The SMILES string of the molecule is CCCCc1cc(F)c(C#Cc2ccc(C#Cc3cc(F)c(N=C=S)c(F)c3)cc2)c(F)c1. The Balaban J connectivity index is 1.77. The molecule has 33 heavy (non-hydrogen) atoms. The van der Waals surface area contributed by atoms with Gasteiger partial charge in [0.1, 0.15) is 17.3 Å². The van der Waals surface area contributed by atoms with E-state index in [9.17, 15) is 17.6 Å². The first-order valence-electron chi connectivity index (χ1n) is 10.1. The van der Waals surface area contributed by atoms with Crippen LogP contribution in [-0.4, -0.2) is 5.16 Å².